The largest absolute Gasteiger partial charge is 0.310 e. The molecule has 0 aliphatic rings. The maximum Gasteiger partial charge on any atom is 0.0767 e. The number of hydrogen-bond donors (Lipinski definition) is 1. The molecule has 0 saturated heterocycles. The minimum absolute atomic E-state index is 0.206. The molecule has 0 aromatic carbocycles. The fourth-order valence-corrected chi connectivity index (χ4v) is 2.49. The zero-order valence-electron chi connectivity index (χ0n) is 10.8. The number of rotatable bonds is 7. The molecule has 3 nitrogen and oxygen atoms in total. The van der Waals surface area contributed by atoms with Crippen molar-refractivity contribution in [3.05, 3.63) is 15.9 Å². The van der Waals surface area contributed by atoms with E-state index in [4.69, 9.17) is 11.6 Å². The Bertz CT molecular complexity index is 352. The van der Waals surface area contributed by atoms with Crippen LogP contribution in [0.5, 0.6) is 0 Å². The molecule has 98 valence electrons. The molecular weight excluding hydrogens is 302 g/mol. The van der Waals surface area contributed by atoms with E-state index in [2.05, 4.69) is 47.1 Å². The zero-order valence-corrected chi connectivity index (χ0v) is 13.1. The molecule has 1 atom stereocenters. The van der Waals surface area contributed by atoms with E-state index in [9.17, 15) is 0 Å². The summed E-state index contributed by atoms with van der Waals surface area (Å²) in [6, 6.07) is 0. The van der Waals surface area contributed by atoms with Gasteiger partial charge in [-0.25, -0.2) is 0 Å². The highest BCUT2D eigenvalue weighted by molar-refractivity contribution is 9.10. The van der Waals surface area contributed by atoms with Crippen molar-refractivity contribution in [2.75, 3.05) is 6.54 Å². The Kier molecular flexibility index (Phi) is 6.52. The zero-order chi connectivity index (χ0) is 12.8. The Morgan fingerprint density at radius 3 is 2.65 bits per heavy atom. The van der Waals surface area contributed by atoms with E-state index >= 15 is 0 Å². The second-order valence-electron chi connectivity index (χ2n) is 4.01. The minimum Gasteiger partial charge on any atom is -0.310 e. The van der Waals surface area contributed by atoms with Gasteiger partial charge in [0, 0.05) is 25.0 Å². The van der Waals surface area contributed by atoms with Gasteiger partial charge in [-0.3, -0.25) is 4.68 Å². The van der Waals surface area contributed by atoms with Gasteiger partial charge in [0.25, 0.3) is 0 Å². The first-order valence-corrected chi connectivity index (χ1v) is 7.45. The van der Waals surface area contributed by atoms with Crippen molar-refractivity contribution >= 4 is 27.5 Å². The Morgan fingerprint density at radius 2 is 2.12 bits per heavy atom. The van der Waals surface area contributed by atoms with Crippen LogP contribution < -0.4 is 5.32 Å². The van der Waals surface area contributed by atoms with E-state index in [1.165, 1.54) is 5.69 Å². The molecule has 0 spiro atoms. The molecular formula is C12H21BrClN3. The molecule has 0 bridgehead atoms. The molecule has 0 aliphatic carbocycles. The van der Waals surface area contributed by atoms with E-state index in [0.717, 1.165) is 42.6 Å². The van der Waals surface area contributed by atoms with E-state index < -0.39 is 0 Å². The highest BCUT2D eigenvalue weighted by atomic mass is 79.9. The lowest BCUT2D eigenvalue weighted by atomic mass is 10.3. The second kappa shape index (κ2) is 7.39. The van der Waals surface area contributed by atoms with Gasteiger partial charge < -0.3 is 5.32 Å². The molecule has 5 heteroatoms. The summed E-state index contributed by atoms with van der Waals surface area (Å²) in [5.41, 5.74) is 2.34. The van der Waals surface area contributed by atoms with Gasteiger partial charge >= 0.3 is 0 Å². The average Bonchev–Trinajstić information content (AvgIpc) is 2.65. The van der Waals surface area contributed by atoms with Gasteiger partial charge in [0.15, 0.2) is 0 Å². The van der Waals surface area contributed by atoms with Crippen LogP contribution in [0.2, 0.25) is 0 Å². The Morgan fingerprint density at radius 1 is 1.41 bits per heavy atom. The van der Waals surface area contributed by atoms with E-state index in [-0.39, 0.29) is 5.38 Å². The van der Waals surface area contributed by atoms with Gasteiger partial charge in [-0.2, -0.15) is 5.10 Å². The van der Waals surface area contributed by atoms with Crippen LogP contribution in [-0.4, -0.2) is 21.7 Å². The molecule has 1 rings (SSSR count). The summed E-state index contributed by atoms with van der Waals surface area (Å²) in [5, 5.41) is 8.15. The monoisotopic (exact) mass is 321 g/mol. The molecule has 0 saturated carbocycles. The van der Waals surface area contributed by atoms with Crippen LogP contribution in [0.3, 0.4) is 0 Å². The molecule has 1 aromatic rings. The van der Waals surface area contributed by atoms with Crippen LogP contribution in [0.4, 0.5) is 0 Å². The normalized spacial score (nSPS) is 13.0. The Labute approximate surface area is 117 Å². The van der Waals surface area contributed by atoms with Crippen molar-refractivity contribution < 1.29 is 0 Å². The summed E-state index contributed by atoms with van der Waals surface area (Å²) < 4.78 is 3.18. The molecule has 17 heavy (non-hydrogen) atoms. The van der Waals surface area contributed by atoms with Gasteiger partial charge in [0.05, 0.1) is 15.9 Å². The maximum atomic E-state index is 6.08. The van der Waals surface area contributed by atoms with Crippen molar-refractivity contribution in [3.63, 3.8) is 0 Å². The molecule has 0 fully saturated rings. The van der Waals surface area contributed by atoms with Crippen LogP contribution in [0, 0.1) is 0 Å². The first kappa shape index (κ1) is 15.0. The summed E-state index contributed by atoms with van der Waals surface area (Å²) in [6.45, 7) is 8.87. The highest BCUT2D eigenvalue weighted by Gasteiger charge is 2.13. The van der Waals surface area contributed by atoms with Gasteiger partial charge in [-0.15, -0.1) is 11.6 Å². The lowest BCUT2D eigenvalue weighted by Crippen LogP contribution is -2.24. The third-order valence-corrected chi connectivity index (χ3v) is 4.17. The molecule has 0 radical (unpaired) electrons. The topological polar surface area (TPSA) is 29.9 Å². The van der Waals surface area contributed by atoms with Crippen LogP contribution in [0.1, 0.15) is 38.6 Å². The number of alkyl halides is 1. The lowest BCUT2D eigenvalue weighted by Gasteiger charge is -2.10. The van der Waals surface area contributed by atoms with Crippen LogP contribution in [0.15, 0.2) is 4.47 Å². The summed E-state index contributed by atoms with van der Waals surface area (Å²) in [4.78, 5) is 0. The molecule has 0 amide bonds. The molecule has 1 aromatic heterocycles. The summed E-state index contributed by atoms with van der Waals surface area (Å²) in [7, 11) is 0. The predicted octanol–water partition coefficient (Wildman–Crippen LogP) is 3.33. The van der Waals surface area contributed by atoms with Crippen molar-refractivity contribution in [1.82, 2.24) is 15.1 Å². The SMILES string of the molecule is CCc1nn(CC)c(CNCC(Cl)CC)c1Br. The maximum absolute atomic E-state index is 6.08. The van der Waals surface area contributed by atoms with Crippen LogP contribution in [0.25, 0.3) is 0 Å². The van der Waals surface area contributed by atoms with Crippen molar-refractivity contribution in [2.45, 2.75) is 52.1 Å². The van der Waals surface area contributed by atoms with Crippen LogP contribution in [-0.2, 0) is 19.5 Å². The number of halogens is 2. The Balaban J connectivity index is 2.66. The quantitative estimate of drug-likeness (QED) is 0.780. The summed E-state index contributed by atoms with van der Waals surface area (Å²) >= 11 is 9.71. The number of hydrogen-bond acceptors (Lipinski definition) is 2. The molecule has 1 heterocycles. The minimum atomic E-state index is 0.206. The highest BCUT2D eigenvalue weighted by Crippen LogP contribution is 2.22. The average molecular weight is 323 g/mol. The number of aryl methyl sites for hydroxylation is 2. The molecule has 1 N–H and O–H groups in total. The Hall–Kier alpha value is -0.0600. The van der Waals surface area contributed by atoms with Crippen molar-refractivity contribution in [3.8, 4) is 0 Å². The van der Waals surface area contributed by atoms with Gasteiger partial charge in [-0.05, 0) is 35.7 Å². The second-order valence-corrected chi connectivity index (χ2v) is 5.42. The fourth-order valence-electron chi connectivity index (χ4n) is 1.68. The van der Waals surface area contributed by atoms with Gasteiger partial charge in [-0.1, -0.05) is 13.8 Å². The number of aromatic nitrogens is 2. The van der Waals surface area contributed by atoms with E-state index in [1.807, 2.05) is 4.68 Å². The van der Waals surface area contributed by atoms with Gasteiger partial charge in [0.1, 0.15) is 0 Å². The van der Waals surface area contributed by atoms with Crippen molar-refractivity contribution in [2.24, 2.45) is 0 Å². The number of nitrogens with zero attached hydrogens (tertiary/aromatic N) is 2. The first-order valence-electron chi connectivity index (χ1n) is 6.22. The number of nitrogens with one attached hydrogen (secondary N) is 1. The van der Waals surface area contributed by atoms with Crippen LogP contribution >= 0.6 is 27.5 Å². The molecule has 0 aliphatic heterocycles. The third-order valence-electron chi connectivity index (χ3n) is 2.80. The van der Waals surface area contributed by atoms with E-state index in [1.54, 1.807) is 0 Å². The fraction of sp³-hybridized carbons (Fsp3) is 0.750. The standard InChI is InChI=1S/C12H21BrClN3/c1-4-9(14)7-15-8-11-12(13)10(5-2)16-17(11)6-3/h9,15H,4-8H2,1-3H3. The predicted molar refractivity (Wildman–Crippen MR) is 76.6 cm³/mol. The first-order chi connectivity index (χ1) is 8.13. The van der Waals surface area contributed by atoms with Crippen molar-refractivity contribution in [1.29, 1.82) is 0 Å². The lowest BCUT2D eigenvalue weighted by molar-refractivity contribution is 0.569. The van der Waals surface area contributed by atoms with E-state index in [0.29, 0.717) is 0 Å². The summed E-state index contributed by atoms with van der Waals surface area (Å²) in [6.07, 6.45) is 1.94. The third kappa shape index (κ3) is 3.97. The smallest absolute Gasteiger partial charge is 0.0767 e. The summed E-state index contributed by atoms with van der Waals surface area (Å²) in [5.74, 6) is 0. The molecule has 1 unspecified atom stereocenters. The van der Waals surface area contributed by atoms with Gasteiger partial charge in [0.2, 0.25) is 0 Å².